The highest BCUT2D eigenvalue weighted by molar-refractivity contribution is 7.89. The summed E-state index contributed by atoms with van der Waals surface area (Å²) in [7, 11) is -4.33. The smallest absolute Gasteiger partial charge is 0.243 e. The Labute approximate surface area is 190 Å². The lowest BCUT2D eigenvalue weighted by Crippen LogP contribution is -2.41. The summed E-state index contributed by atoms with van der Waals surface area (Å²) < 4.78 is 53.1. The molecule has 0 radical (unpaired) electrons. The Morgan fingerprint density at radius 1 is 0.938 bits per heavy atom. The third-order valence-corrected chi connectivity index (χ3v) is 9.53. The van der Waals surface area contributed by atoms with Crippen molar-refractivity contribution in [1.29, 1.82) is 0 Å². The maximum absolute atomic E-state index is 13.0. The molecular weight excluding hydrogens is 450 g/mol. The van der Waals surface area contributed by atoms with Gasteiger partial charge in [-0.3, -0.25) is 4.79 Å². The van der Waals surface area contributed by atoms with Gasteiger partial charge in [-0.15, -0.1) is 0 Å². The highest BCUT2D eigenvalue weighted by Gasteiger charge is 2.32. The predicted molar refractivity (Wildman–Crippen MR) is 123 cm³/mol. The first-order valence-electron chi connectivity index (χ1n) is 10.3. The largest absolute Gasteiger partial charge is 0.326 e. The van der Waals surface area contributed by atoms with E-state index in [0.29, 0.717) is 18.5 Å². The Bertz CT molecular complexity index is 1220. The average Bonchev–Trinajstić information content (AvgIpc) is 2.75. The molecule has 3 rings (SSSR count). The zero-order chi connectivity index (χ0) is 23.7. The van der Waals surface area contributed by atoms with Crippen LogP contribution in [0.1, 0.15) is 24.0 Å². The summed E-state index contributed by atoms with van der Waals surface area (Å²) in [6.07, 6.45) is 0.789. The van der Waals surface area contributed by atoms with E-state index in [9.17, 15) is 21.6 Å². The van der Waals surface area contributed by atoms with Crippen LogP contribution < -0.4 is 5.32 Å². The van der Waals surface area contributed by atoms with Crippen LogP contribution in [0.15, 0.2) is 52.3 Å². The number of nitrogens with zero attached hydrogens (tertiary/aromatic N) is 2. The molecule has 1 amide bonds. The second kappa shape index (κ2) is 9.30. The molecule has 0 saturated carbocycles. The molecule has 32 heavy (non-hydrogen) atoms. The second-order valence-electron chi connectivity index (χ2n) is 8.23. The summed E-state index contributed by atoms with van der Waals surface area (Å²) in [5.74, 6) is -0.594. The van der Waals surface area contributed by atoms with E-state index in [0.717, 1.165) is 15.4 Å². The fourth-order valence-corrected chi connectivity index (χ4v) is 6.07. The summed E-state index contributed by atoms with van der Waals surface area (Å²) in [6, 6.07) is 11.2. The van der Waals surface area contributed by atoms with Crippen LogP contribution >= 0.6 is 0 Å². The van der Waals surface area contributed by atoms with Gasteiger partial charge in [-0.2, -0.15) is 4.31 Å². The standard InChI is InChI=1S/C22H29N3O5S2/c1-16-8-9-21(14-17(16)2)32(29,30)25-12-10-18(11-13-25)22(26)23-19-6-5-7-20(15-19)31(27,28)24(3)4/h5-9,14-15,18H,10-13H2,1-4H3,(H,23,26). The van der Waals surface area contributed by atoms with Gasteiger partial charge < -0.3 is 5.32 Å². The number of amides is 1. The number of piperidine rings is 1. The third kappa shape index (κ3) is 5.03. The maximum Gasteiger partial charge on any atom is 0.243 e. The first kappa shape index (κ1) is 24.4. The van der Waals surface area contributed by atoms with Gasteiger partial charge in [0.05, 0.1) is 9.79 Å². The Balaban J connectivity index is 1.65. The van der Waals surface area contributed by atoms with Crippen molar-refractivity contribution in [3.63, 3.8) is 0 Å². The molecule has 174 valence electrons. The van der Waals surface area contributed by atoms with E-state index in [-0.39, 0.29) is 34.7 Å². The summed E-state index contributed by atoms with van der Waals surface area (Å²) >= 11 is 0. The third-order valence-electron chi connectivity index (χ3n) is 5.82. The maximum atomic E-state index is 13.0. The van der Waals surface area contributed by atoms with Crippen molar-refractivity contribution in [2.24, 2.45) is 5.92 Å². The minimum absolute atomic E-state index is 0.0922. The van der Waals surface area contributed by atoms with E-state index in [1.807, 2.05) is 13.8 Å². The Morgan fingerprint density at radius 3 is 2.19 bits per heavy atom. The number of hydrogen-bond donors (Lipinski definition) is 1. The minimum Gasteiger partial charge on any atom is -0.326 e. The van der Waals surface area contributed by atoms with E-state index >= 15 is 0 Å². The van der Waals surface area contributed by atoms with E-state index < -0.39 is 20.0 Å². The SMILES string of the molecule is Cc1ccc(S(=O)(=O)N2CCC(C(=O)Nc3cccc(S(=O)(=O)N(C)C)c3)CC2)cc1C. The number of anilines is 1. The van der Waals surface area contributed by atoms with E-state index in [2.05, 4.69) is 5.32 Å². The summed E-state index contributed by atoms with van der Waals surface area (Å²) in [5.41, 5.74) is 2.34. The number of rotatable bonds is 6. The normalized spacial score (nSPS) is 16.3. The highest BCUT2D eigenvalue weighted by Crippen LogP contribution is 2.26. The Morgan fingerprint density at radius 2 is 1.59 bits per heavy atom. The van der Waals surface area contributed by atoms with Crippen molar-refractivity contribution in [2.75, 3.05) is 32.5 Å². The molecule has 10 heteroatoms. The van der Waals surface area contributed by atoms with E-state index in [4.69, 9.17) is 0 Å². The first-order valence-corrected chi connectivity index (χ1v) is 13.2. The monoisotopic (exact) mass is 479 g/mol. The topological polar surface area (TPSA) is 104 Å². The molecule has 2 aromatic carbocycles. The number of hydrogen-bond acceptors (Lipinski definition) is 5. The molecule has 1 N–H and O–H groups in total. The number of carbonyl (C=O) groups is 1. The zero-order valence-electron chi connectivity index (χ0n) is 18.7. The molecule has 1 heterocycles. The quantitative estimate of drug-likeness (QED) is 0.686. The number of aryl methyl sites for hydroxylation is 2. The van der Waals surface area contributed by atoms with Crippen LogP contribution in [0, 0.1) is 19.8 Å². The summed E-state index contributed by atoms with van der Waals surface area (Å²) in [5, 5.41) is 2.77. The minimum atomic E-state index is -3.61. The summed E-state index contributed by atoms with van der Waals surface area (Å²) in [6.45, 7) is 4.32. The molecule has 0 atom stereocenters. The fraction of sp³-hybridized carbons (Fsp3) is 0.409. The molecule has 8 nitrogen and oxygen atoms in total. The van der Waals surface area contributed by atoms with Gasteiger partial charge in [-0.05, 0) is 68.1 Å². The average molecular weight is 480 g/mol. The van der Waals surface area contributed by atoms with Gasteiger partial charge in [0.25, 0.3) is 0 Å². The molecule has 1 aliphatic rings. The molecule has 1 aliphatic heterocycles. The Kier molecular flexibility index (Phi) is 7.09. The fourth-order valence-electron chi connectivity index (χ4n) is 3.57. The number of benzene rings is 2. The van der Waals surface area contributed by atoms with E-state index in [1.165, 1.54) is 30.5 Å². The predicted octanol–water partition coefficient (Wildman–Crippen LogP) is 2.59. The van der Waals surface area contributed by atoms with Gasteiger partial charge >= 0.3 is 0 Å². The lowest BCUT2D eigenvalue weighted by molar-refractivity contribution is -0.120. The van der Waals surface area contributed by atoms with Crippen LogP contribution in [0.5, 0.6) is 0 Å². The van der Waals surface area contributed by atoms with Crippen LogP contribution in [0.25, 0.3) is 0 Å². The molecule has 0 aliphatic carbocycles. The van der Waals surface area contributed by atoms with Gasteiger partial charge in [0, 0.05) is 38.8 Å². The van der Waals surface area contributed by atoms with Crippen LogP contribution in [-0.2, 0) is 24.8 Å². The van der Waals surface area contributed by atoms with Crippen molar-refractivity contribution in [2.45, 2.75) is 36.5 Å². The van der Waals surface area contributed by atoms with Crippen molar-refractivity contribution < 1.29 is 21.6 Å². The van der Waals surface area contributed by atoms with Crippen molar-refractivity contribution in [1.82, 2.24) is 8.61 Å². The molecule has 1 fully saturated rings. The number of carbonyl (C=O) groups excluding carboxylic acids is 1. The molecule has 1 saturated heterocycles. The van der Waals surface area contributed by atoms with E-state index in [1.54, 1.807) is 30.3 Å². The van der Waals surface area contributed by atoms with Crippen LogP contribution in [0.2, 0.25) is 0 Å². The Hall–Kier alpha value is -2.27. The molecule has 0 unspecified atom stereocenters. The van der Waals surface area contributed by atoms with Crippen molar-refractivity contribution in [3.8, 4) is 0 Å². The van der Waals surface area contributed by atoms with Crippen molar-refractivity contribution in [3.05, 3.63) is 53.6 Å². The molecular formula is C22H29N3O5S2. The van der Waals surface area contributed by atoms with Gasteiger partial charge in [0.15, 0.2) is 0 Å². The molecule has 0 aromatic heterocycles. The van der Waals surface area contributed by atoms with Gasteiger partial charge in [-0.25, -0.2) is 21.1 Å². The summed E-state index contributed by atoms with van der Waals surface area (Å²) in [4.78, 5) is 13.1. The first-order chi connectivity index (χ1) is 14.9. The van der Waals surface area contributed by atoms with Gasteiger partial charge in [-0.1, -0.05) is 12.1 Å². The van der Waals surface area contributed by atoms with Gasteiger partial charge in [0.2, 0.25) is 26.0 Å². The van der Waals surface area contributed by atoms with Crippen LogP contribution in [-0.4, -0.2) is 58.5 Å². The molecule has 0 bridgehead atoms. The number of sulfonamides is 2. The van der Waals surface area contributed by atoms with Crippen molar-refractivity contribution >= 4 is 31.6 Å². The van der Waals surface area contributed by atoms with Crippen LogP contribution in [0.3, 0.4) is 0 Å². The second-order valence-corrected chi connectivity index (χ2v) is 12.3. The number of nitrogens with one attached hydrogen (secondary N) is 1. The molecule has 2 aromatic rings. The van der Waals surface area contributed by atoms with Crippen LogP contribution in [0.4, 0.5) is 5.69 Å². The lowest BCUT2D eigenvalue weighted by atomic mass is 9.97. The zero-order valence-corrected chi connectivity index (χ0v) is 20.3. The lowest BCUT2D eigenvalue weighted by Gasteiger charge is -2.30. The highest BCUT2D eigenvalue weighted by atomic mass is 32.2. The molecule has 0 spiro atoms. The van der Waals surface area contributed by atoms with Gasteiger partial charge in [0.1, 0.15) is 0 Å².